The summed E-state index contributed by atoms with van der Waals surface area (Å²) in [5.41, 5.74) is 0. The van der Waals surface area contributed by atoms with Crippen molar-refractivity contribution >= 4 is 35.5 Å². The van der Waals surface area contributed by atoms with E-state index in [0.29, 0.717) is 39.1 Å². The summed E-state index contributed by atoms with van der Waals surface area (Å²) in [4.78, 5) is 83.8. The van der Waals surface area contributed by atoms with Crippen LogP contribution in [0.2, 0.25) is 0 Å². The molecule has 310 valence electrons. The van der Waals surface area contributed by atoms with E-state index in [1.165, 1.54) is 32.1 Å². The maximum Gasteiger partial charge on any atom is 0.328 e. The number of morpholine rings is 1. The number of cyclic esters (lactones) is 1. The second-order valence-electron chi connectivity index (χ2n) is 16.6. The van der Waals surface area contributed by atoms with Gasteiger partial charge in [-0.15, -0.1) is 0 Å². The van der Waals surface area contributed by atoms with Gasteiger partial charge in [-0.3, -0.25) is 24.0 Å². The van der Waals surface area contributed by atoms with Gasteiger partial charge < -0.3 is 35.6 Å². The number of nitrogens with one attached hydrogen (secondary N) is 4. The number of hydrogen-bond acceptors (Lipinski definition) is 8. The largest absolute Gasteiger partial charge is 0.460 e. The number of unbranched alkanes of at least 4 members (excludes halogenated alkanes) is 8. The molecule has 4 N–H and O–H groups in total. The Kier molecular flexibility index (Phi) is 22.4. The van der Waals surface area contributed by atoms with Gasteiger partial charge in [-0.1, -0.05) is 99.8 Å². The summed E-state index contributed by atoms with van der Waals surface area (Å²) in [6.07, 6.45) is 10.5. The summed E-state index contributed by atoms with van der Waals surface area (Å²) in [6, 6.07) is -4.12. The van der Waals surface area contributed by atoms with Gasteiger partial charge in [-0.2, -0.15) is 0 Å². The molecule has 13 heteroatoms. The highest BCUT2D eigenvalue weighted by atomic mass is 16.5. The van der Waals surface area contributed by atoms with E-state index in [1.807, 2.05) is 41.5 Å². The average Bonchev–Trinajstić information content (AvgIpc) is 3.10. The maximum atomic E-state index is 14.0. The highest BCUT2D eigenvalue weighted by Crippen LogP contribution is 2.18. The van der Waals surface area contributed by atoms with E-state index in [4.69, 9.17) is 9.47 Å². The summed E-state index contributed by atoms with van der Waals surface area (Å²) >= 11 is 0. The molecule has 0 aromatic heterocycles. The van der Waals surface area contributed by atoms with Gasteiger partial charge >= 0.3 is 5.97 Å². The molecule has 2 rings (SSSR count). The molecule has 0 unspecified atom stereocenters. The first kappa shape index (κ1) is 46.9. The van der Waals surface area contributed by atoms with Gasteiger partial charge in [0.1, 0.15) is 30.3 Å². The Morgan fingerprint density at radius 2 is 1.09 bits per heavy atom. The molecular formula is C41H73N5O8. The Morgan fingerprint density at radius 1 is 0.630 bits per heavy atom. The van der Waals surface area contributed by atoms with Crippen LogP contribution >= 0.6 is 0 Å². The van der Waals surface area contributed by atoms with Crippen molar-refractivity contribution < 1.29 is 38.2 Å². The van der Waals surface area contributed by atoms with Crippen LogP contribution in [0.15, 0.2) is 0 Å². The Labute approximate surface area is 324 Å². The van der Waals surface area contributed by atoms with Crippen LogP contribution in [0.1, 0.15) is 151 Å². The van der Waals surface area contributed by atoms with Crippen molar-refractivity contribution in [2.75, 3.05) is 26.3 Å². The van der Waals surface area contributed by atoms with Crippen LogP contribution in [-0.2, 0) is 38.2 Å². The number of amides is 5. The minimum Gasteiger partial charge on any atom is -0.460 e. The zero-order valence-corrected chi connectivity index (χ0v) is 34.5. The zero-order chi connectivity index (χ0) is 40.0. The fourth-order valence-electron chi connectivity index (χ4n) is 7.01. The molecule has 2 aliphatic rings. The predicted molar refractivity (Wildman–Crippen MR) is 209 cm³/mol. The van der Waals surface area contributed by atoms with Gasteiger partial charge in [0.15, 0.2) is 0 Å². The van der Waals surface area contributed by atoms with Gasteiger partial charge in [0.05, 0.1) is 19.6 Å². The van der Waals surface area contributed by atoms with Gasteiger partial charge in [0.25, 0.3) is 0 Å². The molecule has 0 saturated carbocycles. The first-order valence-electron chi connectivity index (χ1n) is 21.0. The first-order valence-corrected chi connectivity index (χ1v) is 21.0. The summed E-state index contributed by atoms with van der Waals surface area (Å²) in [5.74, 6) is -2.87. The average molecular weight is 764 g/mol. The van der Waals surface area contributed by atoms with Crippen molar-refractivity contribution in [3.63, 3.8) is 0 Å². The quantitative estimate of drug-likeness (QED) is 0.106. The molecule has 0 aromatic carbocycles. The number of nitrogens with zero attached hydrogens (tertiary/aromatic N) is 1. The Morgan fingerprint density at radius 3 is 1.65 bits per heavy atom. The van der Waals surface area contributed by atoms with Crippen LogP contribution in [0.25, 0.3) is 0 Å². The summed E-state index contributed by atoms with van der Waals surface area (Å²) in [6.45, 7) is 15.6. The van der Waals surface area contributed by atoms with E-state index in [1.54, 1.807) is 4.90 Å². The first-order chi connectivity index (χ1) is 25.7. The Balaban J connectivity index is 2.39. The van der Waals surface area contributed by atoms with E-state index in [2.05, 4.69) is 28.2 Å². The van der Waals surface area contributed by atoms with Crippen LogP contribution in [0, 0.1) is 17.8 Å². The van der Waals surface area contributed by atoms with Crippen molar-refractivity contribution in [3.8, 4) is 0 Å². The van der Waals surface area contributed by atoms with Crippen molar-refractivity contribution in [3.05, 3.63) is 0 Å². The van der Waals surface area contributed by atoms with Gasteiger partial charge in [-0.05, 0) is 56.3 Å². The van der Waals surface area contributed by atoms with E-state index < -0.39 is 59.9 Å². The van der Waals surface area contributed by atoms with Crippen LogP contribution < -0.4 is 21.3 Å². The molecule has 2 heterocycles. The monoisotopic (exact) mass is 764 g/mol. The van der Waals surface area contributed by atoms with E-state index >= 15 is 0 Å². The Bertz CT molecular complexity index is 1170. The standard InChI is InChI=1S/C41H73N5O8/c1-8-9-10-11-12-13-14-15-16-17-31-27-36(47)42-33(24-28(2)3)39(50)44-34(25-29(4)5)40(51)43-32(18-19-37(48)46-20-22-53-23-21-46)38(49)45-35(26-30(6)7)41(52)54-31/h28-35H,8-27H2,1-7H3,(H,42,47)(H,43,51)(H,44,50)(H,45,49)/t31-,32+,33+,34-,35+/m1/s1. The van der Waals surface area contributed by atoms with Crippen molar-refractivity contribution in [2.45, 2.75) is 181 Å². The second kappa shape index (κ2) is 25.8. The smallest absolute Gasteiger partial charge is 0.328 e. The molecule has 54 heavy (non-hydrogen) atoms. The lowest BCUT2D eigenvalue weighted by Gasteiger charge is -2.30. The normalized spacial score (nSPS) is 23.9. The number of ether oxygens (including phenoxy) is 2. The fraction of sp³-hybridized carbons (Fsp3) is 0.854. The molecule has 2 fully saturated rings. The number of carbonyl (C=O) groups is 6. The van der Waals surface area contributed by atoms with Crippen molar-refractivity contribution in [1.29, 1.82) is 0 Å². The molecule has 13 nitrogen and oxygen atoms in total. The highest BCUT2D eigenvalue weighted by Gasteiger charge is 2.35. The predicted octanol–water partition coefficient (Wildman–Crippen LogP) is 4.94. The Hall–Kier alpha value is -3.22. The second-order valence-corrected chi connectivity index (χ2v) is 16.6. The van der Waals surface area contributed by atoms with E-state index in [-0.39, 0.29) is 55.8 Å². The molecule has 5 amide bonds. The molecule has 0 spiro atoms. The summed E-state index contributed by atoms with van der Waals surface area (Å²) < 4.78 is 11.4. The fourth-order valence-corrected chi connectivity index (χ4v) is 7.01. The van der Waals surface area contributed by atoms with Crippen molar-refractivity contribution in [1.82, 2.24) is 26.2 Å². The van der Waals surface area contributed by atoms with Gasteiger partial charge in [0.2, 0.25) is 29.5 Å². The topological polar surface area (TPSA) is 172 Å². The number of carbonyl (C=O) groups excluding carboxylic acids is 6. The zero-order valence-electron chi connectivity index (χ0n) is 34.5. The van der Waals surface area contributed by atoms with Crippen LogP contribution in [0.3, 0.4) is 0 Å². The third kappa shape index (κ3) is 18.9. The molecule has 5 atom stereocenters. The van der Waals surface area contributed by atoms with Gasteiger partial charge in [-0.25, -0.2) is 4.79 Å². The maximum absolute atomic E-state index is 14.0. The summed E-state index contributed by atoms with van der Waals surface area (Å²) in [7, 11) is 0. The van der Waals surface area contributed by atoms with Crippen molar-refractivity contribution in [2.24, 2.45) is 17.8 Å². The molecule has 0 bridgehead atoms. The van der Waals surface area contributed by atoms with E-state index in [9.17, 15) is 28.8 Å². The SMILES string of the molecule is CCCCCCCCCCC[C@@H]1CC(=O)N[C@@H](CC(C)C)C(=O)N[C@H](CC(C)C)C(=O)N[C@@H](CCC(=O)N2CCOCC2)C(=O)N[C@@H](CC(C)C)C(=O)O1. The molecule has 0 aromatic rings. The van der Waals surface area contributed by atoms with E-state index in [0.717, 1.165) is 25.7 Å². The molecule has 0 aliphatic carbocycles. The van der Waals surface area contributed by atoms with Crippen LogP contribution in [-0.4, -0.2) is 97.0 Å². The third-order valence-electron chi connectivity index (χ3n) is 9.98. The minimum atomic E-state index is -1.16. The highest BCUT2D eigenvalue weighted by molar-refractivity contribution is 5.95. The molecule has 0 radical (unpaired) electrons. The lowest BCUT2D eigenvalue weighted by molar-refractivity contribution is -0.155. The number of esters is 1. The van der Waals surface area contributed by atoms with Crippen LogP contribution in [0.4, 0.5) is 0 Å². The minimum absolute atomic E-state index is 0.00545. The molecule has 2 saturated heterocycles. The summed E-state index contributed by atoms with van der Waals surface area (Å²) in [5, 5.41) is 11.4. The lowest BCUT2D eigenvalue weighted by atomic mass is 9.98. The number of hydrogen-bond donors (Lipinski definition) is 4. The number of rotatable bonds is 19. The van der Waals surface area contributed by atoms with Gasteiger partial charge in [0, 0.05) is 19.5 Å². The molecule has 2 aliphatic heterocycles. The third-order valence-corrected chi connectivity index (χ3v) is 9.98. The molecular weight excluding hydrogens is 690 g/mol. The lowest BCUT2D eigenvalue weighted by Crippen LogP contribution is -2.58. The van der Waals surface area contributed by atoms with Crippen LogP contribution in [0.5, 0.6) is 0 Å².